The van der Waals surface area contributed by atoms with E-state index in [-0.39, 0.29) is 11.9 Å². The van der Waals surface area contributed by atoms with E-state index in [2.05, 4.69) is 32.7 Å². The number of aromatic nitrogens is 2. The number of aromatic amines is 1. The Morgan fingerprint density at radius 2 is 1.81 bits per heavy atom. The molecule has 0 unspecified atom stereocenters. The third kappa shape index (κ3) is 3.89. The first-order chi connectivity index (χ1) is 12.6. The van der Waals surface area contributed by atoms with Crippen molar-refractivity contribution in [3.63, 3.8) is 0 Å². The van der Waals surface area contributed by atoms with E-state index in [0.717, 1.165) is 16.5 Å². The molecule has 3 amide bonds. The van der Waals surface area contributed by atoms with E-state index in [1.165, 1.54) is 0 Å². The van der Waals surface area contributed by atoms with Gasteiger partial charge in [0.05, 0.1) is 5.52 Å². The SMILES string of the molecule is C=CCNC(=O)Nc1ccc(NC(=O)c2n[nH]c3ccc(C)cc23)cc1. The van der Waals surface area contributed by atoms with Gasteiger partial charge in [0.15, 0.2) is 5.69 Å². The fourth-order valence-corrected chi connectivity index (χ4v) is 2.47. The Morgan fingerprint density at radius 3 is 2.50 bits per heavy atom. The molecular formula is C19H19N5O2. The third-order valence-electron chi connectivity index (χ3n) is 3.74. The maximum atomic E-state index is 12.5. The Balaban J connectivity index is 1.68. The van der Waals surface area contributed by atoms with Gasteiger partial charge in [0.1, 0.15) is 0 Å². The summed E-state index contributed by atoms with van der Waals surface area (Å²) >= 11 is 0. The van der Waals surface area contributed by atoms with Gasteiger partial charge in [0.2, 0.25) is 0 Å². The zero-order valence-electron chi connectivity index (χ0n) is 14.3. The predicted molar refractivity (Wildman–Crippen MR) is 102 cm³/mol. The summed E-state index contributed by atoms with van der Waals surface area (Å²) in [6, 6.07) is 12.3. The van der Waals surface area contributed by atoms with Crippen LogP contribution < -0.4 is 16.0 Å². The van der Waals surface area contributed by atoms with Crippen LogP contribution in [0.15, 0.2) is 55.1 Å². The van der Waals surface area contributed by atoms with Crippen molar-refractivity contribution in [3.8, 4) is 0 Å². The summed E-state index contributed by atoms with van der Waals surface area (Å²) in [5.41, 5.74) is 3.43. The highest BCUT2D eigenvalue weighted by Crippen LogP contribution is 2.19. The second-order valence-corrected chi connectivity index (χ2v) is 5.78. The van der Waals surface area contributed by atoms with Crippen LogP contribution in [0, 0.1) is 6.92 Å². The molecule has 7 heteroatoms. The van der Waals surface area contributed by atoms with Crippen LogP contribution in [0.2, 0.25) is 0 Å². The normalized spacial score (nSPS) is 10.3. The molecule has 4 N–H and O–H groups in total. The number of nitrogens with zero attached hydrogens (tertiary/aromatic N) is 1. The van der Waals surface area contributed by atoms with Gasteiger partial charge in [0, 0.05) is 23.3 Å². The van der Waals surface area contributed by atoms with E-state index >= 15 is 0 Å². The van der Waals surface area contributed by atoms with Crippen LogP contribution >= 0.6 is 0 Å². The molecule has 0 aliphatic rings. The number of H-pyrrole nitrogens is 1. The van der Waals surface area contributed by atoms with Gasteiger partial charge in [-0.1, -0.05) is 17.7 Å². The first-order valence-corrected chi connectivity index (χ1v) is 8.08. The largest absolute Gasteiger partial charge is 0.334 e. The van der Waals surface area contributed by atoms with Crippen LogP contribution in [0.4, 0.5) is 16.2 Å². The third-order valence-corrected chi connectivity index (χ3v) is 3.74. The molecule has 0 aliphatic carbocycles. The molecule has 0 aliphatic heterocycles. The van der Waals surface area contributed by atoms with Crippen molar-refractivity contribution in [2.75, 3.05) is 17.2 Å². The number of carbonyl (C=O) groups excluding carboxylic acids is 2. The first-order valence-electron chi connectivity index (χ1n) is 8.08. The minimum Gasteiger partial charge on any atom is -0.334 e. The fourth-order valence-electron chi connectivity index (χ4n) is 2.47. The van der Waals surface area contributed by atoms with Crippen molar-refractivity contribution in [2.45, 2.75) is 6.92 Å². The average molecular weight is 349 g/mol. The summed E-state index contributed by atoms with van der Waals surface area (Å²) in [4.78, 5) is 24.1. The van der Waals surface area contributed by atoms with Crippen LogP contribution in [-0.4, -0.2) is 28.7 Å². The lowest BCUT2D eigenvalue weighted by molar-refractivity contribution is 0.102. The van der Waals surface area contributed by atoms with Gasteiger partial charge in [-0.3, -0.25) is 9.89 Å². The number of anilines is 2. The van der Waals surface area contributed by atoms with Crippen molar-refractivity contribution >= 4 is 34.2 Å². The molecule has 0 saturated heterocycles. The second-order valence-electron chi connectivity index (χ2n) is 5.78. The highest BCUT2D eigenvalue weighted by Gasteiger charge is 2.14. The smallest absolute Gasteiger partial charge is 0.319 e. The van der Waals surface area contributed by atoms with Crippen molar-refractivity contribution in [1.82, 2.24) is 15.5 Å². The summed E-state index contributed by atoms with van der Waals surface area (Å²) in [5, 5.41) is 15.9. The van der Waals surface area contributed by atoms with Crippen LogP contribution in [0.5, 0.6) is 0 Å². The summed E-state index contributed by atoms with van der Waals surface area (Å²) in [6.07, 6.45) is 1.60. The molecule has 0 bridgehead atoms. The molecule has 3 rings (SSSR count). The van der Waals surface area contributed by atoms with Crippen LogP contribution in [0.3, 0.4) is 0 Å². The maximum Gasteiger partial charge on any atom is 0.319 e. The number of rotatable bonds is 5. The summed E-state index contributed by atoms with van der Waals surface area (Å²) in [7, 11) is 0. The molecule has 0 radical (unpaired) electrons. The topological polar surface area (TPSA) is 98.9 Å². The lowest BCUT2D eigenvalue weighted by Crippen LogP contribution is -2.28. The summed E-state index contributed by atoms with van der Waals surface area (Å²) in [6.45, 7) is 5.88. The number of fused-ring (bicyclic) bond motifs is 1. The Bertz CT molecular complexity index is 960. The predicted octanol–water partition coefficient (Wildman–Crippen LogP) is 3.43. The number of nitrogens with one attached hydrogen (secondary N) is 4. The van der Waals surface area contributed by atoms with Crippen LogP contribution in [-0.2, 0) is 0 Å². The summed E-state index contributed by atoms with van der Waals surface area (Å²) in [5.74, 6) is -0.300. The molecule has 0 saturated carbocycles. The van der Waals surface area contributed by atoms with Gasteiger partial charge < -0.3 is 16.0 Å². The van der Waals surface area contributed by atoms with Gasteiger partial charge in [-0.15, -0.1) is 6.58 Å². The second kappa shape index (κ2) is 7.52. The monoisotopic (exact) mass is 349 g/mol. The number of carbonyl (C=O) groups is 2. The molecule has 26 heavy (non-hydrogen) atoms. The summed E-state index contributed by atoms with van der Waals surface area (Å²) < 4.78 is 0. The zero-order chi connectivity index (χ0) is 18.5. The van der Waals surface area contributed by atoms with Gasteiger partial charge in [-0.05, 0) is 43.3 Å². The van der Waals surface area contributed by atoms with E-state index in [4.69, 9.17) is 0 Å². The lowest BCUT2D eigenvalue weighted by Gasteiger charge is -2.08. The van der Waals surface area contributed by atoms with Crippen molar-refractivity contribution in [3.05, 3.63) is 66.4 Å². The molecule has 7 nitrogen and oxygen atoms in total. The minimum absolute atomic E-state index is 0.300. The Labute approximate surface area is 150 Å². The van der Waals surface area contributed by atoms with E-state index in [9.17, 15) is 9.59 Å². The maximum absolute atomic E-state index is 12.5. The molecule has 0 spiro atoms. The number of urea groups is 1. The van der Waals surface area contributed by atoms with E-state index in [1.54, 1.807) is 30.3 Å². The van der Waals surface area contributed by atoms with E-state index in [0.29, 0.717) is 23.6 Å². The standard InChI is InChI=1S/C19H19N5O2/c1-3-10-20-19(26)22-14-7-5-13(6-8-14)21-18(25)17-15-11-12(2)4-9-16(15)23-24-17/h3-9,11H,1,10H2,2H3,(H,21,25)(H,23,24)(H2,20,22,26). The number of aryl methyl sites for hydroxylation is 1. The first kappa shape index (κ1) is 17.2. The van der Waals surface area contributed by atoms with Crippen LogP contribution in [0.25, 0.3) is 10.9 Å². The zero-order valence-corrected chi connectivity index (χ0v) is 14.3. The molecule has 2 aromatic carbocycles. The van der Waals surface area contributed by atoms with Gasteiger partial charge in [0.25, 0.3) is 5.91 Å². The van der Waals surface area contributed by atoms with Crippen molar-refractivity contribution < 1.29 is 9.59 Å². The van der Waals surface area contributed by atoms with Crippen LogP contribution in [0.1, 0.15) is 16.1 Å². The Hall–Kier alpha value is -3.61. The van der Waals surface area contributed by atoms with Gasteiger partial charge in [-0.25, -0.2) is 4.79 Å². The van der Waals surface area contributed by atoms with Crippen molar-refractivity contribution in [1.29, 1.82) is 0 Å². The average Bonchev–Trinajstić information content (AvgIpc) is 3.04. The van der Waals surface area contributed by atoms with Gasteiger partial charge >= 0.3 is 6.03 Å². The Kier molecular flexibility index (Phi) is 4.98. The highest BCUT2D eigenvalue weighted by molar-refractivity contribution is 6.11. The van der Waals surface area contributed by atoms with Gasteiger partial charge in [-0.2, -0.15) is 5.10 Å². The number of hydrogen-bond acceptors (Lipinski definition) is 3. The molecule has 0 fully saturated rings. The minimum atomic E-state index is -0.319. The molecule has 1 heterocycles. The van der Waals surface area contributed by atoms with E-state index < -0.39 is 0 Å². The van der Waals surface area contributed by atoms with Crippen molar-refractivity contribution in [2.24, 2.45) is 0 Å². The number of hydrogen-bond donors (Lipinski definition) is 4. The molecule has 1 aromatic heterocycles. The fraction of sp³-hybridized carbons (Fsp3) is 0.105. The molecular weight excluding hydrogens is 330 g/mol. The van der Waals surface area contributed by atoms with E-state index in [1.807, 2.05) is 25.1 Å². The highest BCUT2D eigenvalue weighted by atomic mass is 16.2. The quantitative estimate of drug-likeness (QED) is 0.531. The Morgan fingerprint density at radius 1 is 1.12 bits per heavy atom. The molecule has 0 atom stereocenters. The molecule has 3 aromatic rings. The number of amides is 3. The lowest BCUT2D eigenvalue weighted by atomic mass is 10.1. The molecule has 132 valence electrons. The number of benzene rings is 2.